The van der Waals surface area contributed by atoms with Crippen LogP contribution in [0.15, 0.2) is 60.8 Å². The predicted octanol–water partition coefficient (Wildman–Crippen LogP) is 5.29. The minimum atomic E-state index is -3.71. The first kappa shape index (κ1) is 19.1. The van der Waals surface area contributed by atoms with Gasteiger partial charge in [-0.2, -0.15) is 0 Å². The topological polar surface area (TPSA) is 60.5 Å². The molecule has 0 fully saturated rings. The van der Waals surface area contributed by atoms with Crippen LogP contribution in [0.2, 0.25) is 5.02 Å². The van der Waals surface area contributed by atoms with Crippen LogP contribution in [-0.4, -0.2) is 17.2 Å². The lowest BCUT2D eigenvalue weighted by Gasteiger charge is -2.08. The normalized spacial score (nSPS) is 13.9. The third kappa shape index (κ3) is 4.46. The number of nitrogens with one attached hydrogen (secondary N) is 1. The van der Waals surface area contributed by atoms with Crippen molar-refractivity contribution < 1.29 is 23.0 Å². The highest BCUT2D eigenvalue weighted by Gasteiger charge is 2.43. The molecular formula is C21H15ClF2N2O3. The summed E-state index contributed by atoms with van der Waals surface area (Å²) in [5.41, 5.74) is 2.12. The molecule has 2 heterocycles. The number of carbonyl (C=O) groups is 1. The Labute approximate surface area is 170 Å². The lowest BCUT2D eigenvalue weighted by Crippen LogP contribution is -2.25. The highest BCUT2D eigenvalue weighted by atomic mass is 35.5. The Morgan fingerprint density at radius 1 is 1.07 bits per heavy atom. The molecule has 4 rings (SSSR count). The van der Waals surface area contributed by atoms with Crippen molar-refractivity contribution in [1.29, 1.82) is 0 Å². The number of hydrogen-bond acceptors (Lipinski definition) is 4. The van der Waals surface area contributed by atoms with Crippen molar-refractivity contribution in [1.82, 2.24) is 4.98 Å². The molecule has 1 amide bonds. The molecule has 0 aliphatic carbocycles. The molecule has 0 spiro atoms. The zero-order valence-electron chi connectivity index (χ0n) is 15.0. The second-order valence-electron chi connectivity index (χ2n) is 6.41. The Kier molecular flexibility index (Phi) is 5.07. The van der Waals surface area contributed by atoms with E-state index in [0.717, 1.165) is 5.56 Å². The molecule has 0 atom stereocenters. The predicted molar refractivity (Wildman–Crippen MR) is 104 cm³/mol. The molecule has 1 aliphatic rings. The van der Waals surface area contributed by atoms with Crippen LogP contribution in [0.5, 0.6) is 11.5 Å². The first-order valence-corrected chi connectivity index (χ1v) is 9.17. The van der Waals surface area contributed by atoms with Gasteiger partial charge >= 0.3 is 6.29 Å². The van der Waals surface area contributed by atoms with E-state index in [0.29, 0.717) is 29.8 Å². The van der Waals surface area contributed by atoms with E-state index in [1.54, 1.807) is 12.1 Å². The largest absolute Gasteiger partial charge is 0.586 e. The molecule has 0 saturated heterocycles. The molecule has 148 valence electrons. The lowest BCUT2D eigenvalue weighted by atomic mass is 10.1. The van der Waals surface area contributed by atoms with Gasteiger partial charge in [0.15, 0.2) is 11.5 Å². The molecule has 0 unspecified atom stereocenters. The van der Waals surface area contributed by atoms with Crippen molar-refractivity contribution in [3.05, 3.63) is 71.4 Å². The van der Waals surface area contributed by atoms with Crippen molar-refractivity contribution in [2.75, 3.05) is 5.32 Å². The van der Waals surface area contributed by atoms with Crippen LogP contribution in [-0.2, 0) is 11.2 Å². The number of aromatic nitrogens is 1. The minimum absolute atomic E-state index is 0.104. The summed E-state index contributed by atoms with van der Waals surface area (Å²) in [6.07, 6.45) is -1.26. The van der Waals surface area contributed by atoms with Gasteiger partial charge in [-0.1, -0.05) is 41.9 Å². The van der Waals surface area contributed by atoms with E-state index >= 15 is 0 Å². The third-order valence-corrected chi connectivity index (χ3v) is 4.63. The van der Waals surface area contributed by atoms with E-state index in [4.69, 9.17) is 11.6 Å². The number of benzene rings is 2. The van der Waals surface area contributed by atoms with E-state index in [1.165, 1.54) is 18.3 Å². The smallest absolute Gasteiger partial charge is 0.395 e. The summed E-state index contributed by atoms with van der Waals surface area (Å²) < 4.78 is 35.3. The number of alkyl halides is 2. The molecule has 1 N–H and O–H groups in total. The summed E-state index contributed by atoms with van der Waals surface area (Å²) in [4.78, 5) is 16.3. The quantitative estimate of drug-likeness (QED) is 0.613. The van der Waals surface area contributed by atoms with E-state index in [1.807, 2.05) is 30.3 Å². The Balaban J connectivity index is 1.43. The summed E-state index contributed by atoms with van der Waals surface area (Å²) in [5.74, 6) is -0.000595. The van der Waals surface area contributed by atoms with Crippen molar-refractivity contribution in [2.45, 2.75) is 19.1 Å². The second-order valence-corrected chi connectivity index (χ2v) is 6.82. The molecule has 5 nitrogen and oxygen atoms in total. The highest BCUT2D eigenvalue weighted by molar-refractivity contribution is 6.33. The van der Waals surface area contributed by atoms with E-state index in [2.05, 4.69) is 19.8 Å². The zero-order valence-corrected chi connectivity index (χ0v) is 15.7. The Morgan fingerprint density at radius 2 is 1.79 bits per heavy atom. The van der Waals surface area contributed by atoms with Gasteiger partial charge in [-0.05, 0) is 30.2 Å². The van der Waals surface area contributed by atoms with E-state index in [-0.39, 0.29) is 22.4 Å². The van der Waals surface area contributed by atoms with Crippen LogP contribution in [0, 0.1) is 0 Å². The van der Waals surface area contributed by atoms with Gasteiger partial charge < -0.3 is 14.8 Å². The Bertz CT molecular complexity index is 1040. The standard InChI is InChI=1S/C21H15ClF2N2O3/c22-16-11-18-17(28-21(23,24)29-18)10-15(16)14-7-8-19(25-12-14)26-20(27)9-6-13-4-2-1-3-5-13/h1-5,7-8,10-12H,6,9H2,(H,25,26,27). The maximum atomic E-state index is 13.2. The van der Waals surface area contributed by atoms with Crippen LogP contribution in [0.3, 0.4) is 0 Å². The van der Waals surface area contributed by atoms with Crippen molar-refractivity contribution in [3.8, 4) is 22.6 Å². The molecule has 0 radical (unpaired) electrons. The summed E-state index contributed by atoms with van der Waals surface area (Å²) in [5, 5.41) is 2.95. The molecule has 1 aromatic heterocycles. The average Bonchev–Trinajstić information content (AvgIpc) is 3.00. The number of fused-ring (bicyclic) bond motifs is 1. The number of pyridine rings is 1. The van der Waals surface area contributed by atoms with Gasteiger partial charge in [-0.3, -0.25) is 4.79 Å². The maximum absolute atomic E-state index is 13.2. The number of rotatable bonds is 5. The van der Waals surface area contributed by atoms with Crippen LogP contribution in [0.4, 0.5) is 14.6 Å². The molecule has 2 aromatic carbocycles. The third-order valence-electron chi connectivity index (χ3n) is 4.32. The van der Waals surface area contributed by atoms with Gasteiger partial charge in [-0.15, -0.1) is 8.78 Å². The fourth-order valence-corrected chi connectivity index (χ4v) is 3.19. The monoisotopic (exact) mass is 416 g/mol. The number of anilines is 1. The molecule has 3 aromatic rings. The van der Waals surface area contributed by atoms with Gasteiger partial charge in [0.1, 0.15) is 5.82 Å². The van der Waals surface area contributed by atoms with E-state index < -0.39 is 6.29 Å². The second kappa shape index (κ2) is 7.67. The Hall–Kier alpha value is -3.19. The van der Waals surface area contributed by atoms with Crippen molar-refractivity contribution >= 4 is 23.3 Å². The summed E-state index contributed by atoms with van der Waals surface area (Å²) in [7, 11) is 0. The molecule has 29 heavy (non-hydrogen) atoms. The lowest BCUT2D eigenvalue weighted by molar-refractivity contribution is -0.286. The first-order chi connectivity index (χ1) is 13.9. The van der Waals surface area contributed by atoms with Crippen molar-refractivity contribution in [3.63, 3.8) is 0 Å². The summed E-state index contributed by atoms with van der Waals surface area (Å²) in [6, 6.07) is 15.6. The molecule has 0 bridgehead atoms. The van der Waals surface area contributed by atoms with Crippen molar-refractivity contribution in [2.24, 2.45) is 0 Å². The number of amides is 1. The Morgan fingerprint density at radius 3 is 2.48 bits per heavy atom. The molecule has 8 heteroatoms. The zero-order chi connectivity index (χ0) is 20.4. The average molecular weight is 417 g/mol. The molecule has 1 aliphatic heterocycles. The van der Waals surface area contributed by atoms with Gasteiger partial charge in [0.25, 0.3) is 0 Å². The van der Waals surface area contributed by atoms with Gasteiger partial charge in [0.05, 0.1) is 5.02 Å². The van der Waals surface area contributed by atoms with Crippen LogP contribution < -0.4 is 14.8 Å². The summed E-state index contributed by atoms with van der Waals surface area (Å²) >= 11 is 6.18. The van der Waals surface area contributed by atoms with Gasteiger partial charge in [0.2, 0.25) is 5.91 Å². The number of carbonyl (C=O) groups excluding carboxylic acids is 1. The number of hydrogen-bond donors (Lipinski definition) is 1. The first-order valence-electron chi connectivity index (χ1n) is 8.79. The number of ether oxygens (including phenoxy) is 2. The number of halogens is 3. The van der Waals surface area contributed by atoms with Crippen LogP contribution in [0.25, 0.3) is 11.1 Å². The molecular weight excluding hydrogens is 402 g/mol. The fourth-order valence-electron chi connectivity index (χ4n) is 2.93. The van der Waals surface area contributed by atoms with Gasteiger partial charge in [-0.25, -0.2) is 4.98 Å². The maximum Gasteiger partial charge on any atom is 0.586 e. The van der Waals surface area contributed by atoms with Crippen LogP contribution >= 0.6 is 11.6 Å². The fraction of sp³-hybridized carbons (Fsp3) is 0.143. The summed E-state index contributed by atoms with van der Waals surface area (Å²) in [6.45, 7) is 0. The van der Waals surface area contributed by atoms with E-state index in [9.17, 15) is 13.6 Å². The van der Waals surface area contributed by atoms with Gasteiger partial charge in [0, 0.05) is 29.8 Å². The van der Waals surface area contributed by atoms with Crippen LogP contribution in [0.1, 0.15) is 12.0 Å². The molecule has 0 saturated carbocycles. The highest BCUT2D eigenvalue weighted by Crippen LogP contribution is 2.45. The number of aryl methyl sites for hydroxylation is 1. The SMILES string of the molecule is O=C(CCc1ccccc1)Nc1ccc(-c2cc3c(cc2Cl)OC(F)(F)O3)cn1. The number of nitrogens with zero attached hydrogens (tertiary/aromatic N) is 1. The minimum Gasteiger partial charge on any atom is -0.395 e.